The Balaban J connectivity index is 1.44. The van der Waals surface area contributed by atoms with E-state index in [1.54, 1.807) is 6.33 Å². The molecule has 0 unspecified atom stereocenters. The quantitative estimate of drug-likeness (QED) is 0.422. The van der Waals surface area contributed by atoms with Gasteiger partial charge in [-0.3, -0.25) is 9.69 Å². The molecule has 7 heteroatoms. The van der Waals surface area contributed by atoms with E-state index in [9.17, 15) is 4.79 Å². The summed E-state index contributed by atoms with van der Waals surface area (Å²) in [5, 5.41) is 4.40. The van der Waals surface area contributed by atoms with Crippen molar-refractivity contribution in [1.29, 1.82) is 0 Å². The van der Waals surface area contributed by atoms with Crippen LogP contribution in [-0.2, 0) is 18.0 Å². The highest BCUT2D eigenvalue weighted by atomic mass is 32.1. The number of carbonyl (C=O) groups excluding carboxylic acids is 1. The Bertz CT molecular complexity index is 1030. The maximum Gasteiger partial charge on any atom is 0.234 e. The zero-order valence-electron chi connectivity index (χ0n) is 17.5. The summed E-state index contributed by atoms with van der Waals surface area (Å²) in [4.78, 5) is 17.8. The summed E-state index contributed by atoms with van der Waals surface area (Å²) in [5.74, 6) is -0.124. The minimum Gasteiger partial charge on any atom is -0.339 e. The first-order valence-corrected chi connectivity index (χ1v) is 10.9. The molecule has 0 atom stereocenters. The summed E-state index contributed by atoms with van der Waals surface area (Å²) in [5.41, 5.74) is 2.06. The van der Waals surface area contributed by atoms with Crippen LogP contribution in [0.2, 0.25) is 0 Å². The molecule has 4 rings (SSSR count). The summed E-state index contributed by atoms with van der Waals surface area (Å²) >= 11 is 5.49. The molecule has 1 aliphatic rings. The van der Waals surface area contributed by atoms with E-state index in [1.165, 1.54) is 0 Å². The fraction of sp³-hybridized carbons (Fsp3) is 0.292. The number of aromatic nitrogens is 3. The number of allylic oxidation sites excluding steroid dienone is 1. The van der Waals surface area contributed by atoms with Crippen LogP contribution in [0.3, 0.4) is 0 Å². The van der Waals surface area contributed by atoms with Crippen molar-refractivity contribution in [2.45, 2.75) is 19.1 Å². The van der Waals surface area contributed by atoms with Gasteiger partial charge in [0, 0.05) is 32.7 Å². The minimum absolute atomic E-state index is 0.156. The minimum atomic E-state index is -0.280. The van der Waals surface area contributed by atoms with Gasteiger partial charge in [-0.1, -0.05) is 66.7 Å². The predicted molar refractivity (Wildman–Crippen MR) is 124 cm³/mol. The van der Waals surface area contributed by atoms with E-state index in [2.05, 4.69) is 16.6 Å². The summed E-state index contributed by atoms with van der Waals surface area (Å²) in [6.45, 7) is 8.00. The molecule has 0 N–H and O–H groups in total. The average molecular weight is 434 g/mol. The number of rotatable bonds is 7. The third-order valence-electron chi connectivity index (χ3n) is 5.65. The van der Waals surface area contributed by atoms with Crippen molar-refractivity contribution in [1.82, 2.24) is 24.1 Å². The number of amides is 1. The second-order valence-electron chi connectivity index (χ2n) is 7.69. The lowest BCUT2D eigenvalue weighted by molar-refractivity contribution is -0.133. The molecule has 31 heavy (non-hydrogen) atoms. The van der Waals surface area contributed by atoms with Gasteiger partial charge in [0.05, 0.1) is 12.6 Å². The lowest BCUT2D eigenvalue weighted by atomic mass is 9.90. The molecular formula is C24H27N5OS. The number of benzene rings is 2. The largest absolute Gasteiger partial charge is 0.339 e. The molecule has 0 spiro atoms. The molecule has 2 heterocycles. The van der Waals surface area contributed by atoms with Crippen LogP contribution in [0, 0.1) is 4.77 Å². The Morgan fingerprint density at radius 3 is 2.13 bits per heavy atom. The van der Waals surface area contributed by atoms with E-state index in [0.29, 0.717) is 31.1 Å². The van der Waals surface area contributed by atoms with Crippen molar-refractivity contribution in [2.75, 3.05) is 26.2 Å². The fourth-order valence-corrected chi connectivity index (χ4v) is 4.21. The molecular weight excluding hydrogens is 406 g/mol. The van der Waals surface area contributed by atoms with Crippen molar-refractivity contribution in [3.8, 4) is 0 Å². The highest BCUT2D eigenvalue weighted by molar-refractivity contribution is 7.71. The van der Waals surface area contributed by atoms with E-state index >= 15 is 0 Å². The molecule has 0 radical (unpaired) electrons. The van der Waals surface area contributed by atoms with Crippen molar-refractivity contribution in [3.63, 3.8) is 0 Å². The molecule has 1 amide bonds. The van der Waals surface area contributed by atoms with Crippen LogP contribution < -0.4 is 0 Å². The Morgan fingerprint density at radius 2 is 1.58 bits per heavy atom. The van der Waals surface area contributed by atoms with Crippen molar-refractivity contribution in [3.05, 3.63) is 95.5 Å². The molecule has 6 nitrogen and oxygen atoms in total. The monoisotopic (exact) mass is 433 g/mol. The van der Waals surface area contributed by atoms with Crippen LogP contribution in [0.1, 0.15) is 17.0 Å². The Labute approximate surface area is 188 Å². The first-order chi connectivity index (χ1) is 15.2. The molecule has 1 fully saturated rings. The molecule has 1 aliphatic heterocycles. The van der Waals surface area contributed by atoms with Gasteiger partial charge in [-0.15, -0.1) is 6.58 Å². The molecule has 3 aromatic rings. The van der Waals surface area contributed by atoms with Crippen LogP contribution in [0.25, 0.3) is 0 Å². The summed E-state index contributed by atoms with van der Waals surface area (Å²) in [7, 11) is 0. The number of piperazine rings is 1. The first-order valence-electron chi connectivity index (χ1n) is 10.5. The Kier molecular flexibility index (Phi) is 6.74. The van der Waals surface area contributed by atoms with Gasteiger partial charge < -0.3 is 9.47 Å². The highest BCUT2D eigenvalue weighted by Crippen LogP contribution is 2.27. The number of hydrogen-bond donors (Lipinski definition) is 0. The topological polar surface area (TPSA) is 46.3 Å². The first kappa shape index (κ1) is 21.2. The van der Waals surface area contributed by atoms with E-state index in [0.717, 1.165) is 24.2 Å². The fourth-order valence-electron chi connectivity index (χ4n) is 3.98. The molecule has 1 aromatic heterocycles. The van der Waals surface area contributed by atoms with Crippen LogP contribution in [0.5, 0.6) is 0 Å². The second-order valence-corrected chi connectivity index (χ2v) is 8.06. The lowest BCUT2D eigenvalue weighted by Crippen LogP contribution is -2.50. The van der Waals surface area contributed by atoms with Gasteiger partial charge in [0.2, 0.25) is 5.91 Å². The zero-order valence-corrected chi connectivity index (χ0v) is 18.3. The van der Waals surface area contributed by atoms with Gasteiger partial charge >= 0.3 is 0 Å². The van der Waals surface area contributed by atoms with Gasteiger partial charge in [-0.2, -0.15) is 5.10 Å². The molecule has 0 saturated carbocycles. The number of nitrogens with zero attached hydrogens (tertiary/aromatic N) is 5. The Morgan fingerprint density at radius 1 is 1.00 bits per heavy atom. The van der Waals surface area contributed by atoms with Gasteiger partial charge in [0.15, 0.2) is 4.77 Å². The molecule has 1 saturated heterocycles. The molecule has 160 valence electrons. The molecule has 0 bridgehead atoms. The van der Waals surface area contributed by atoms with Crippen molar-refractivity contribution >= 4 is 18.1 Å². The van der Waals surface area contributed by atoms with Crippen molar-refractivity contribution < 1.29 is 4.79 Å². The highest BCUT2D eigenvalue weighted by Gasteiger charge is 2.29. The molecule has 2 aromatic carbocycles. The lowest BCUT2D eigenvalue weighted by Gasteiger charge is -2.36. The van der Waals surface area contributed by atoms with E-state index < -0.39 is 0 Å². The summed E-state index contributed by atoms with van der Waals surface area (Å²) < 4.78 is 4.41. The smallest absolute Gasteiger partial charge is 0.234 e. The van der Waals surface area contributed by atoms with Crippen LogP contribution in [0.4, 0.5) is 0 Å². The van der Waals surface area contributed by atoms with Crippen LogP contribution >= 0.6 is 12.2 Å². The SMILES string of the molecule is C=CCn1cnn(CN2CCN(C(=O)C(c3ccccc3)c3ccccc3)CC2)c1=S. The van der Waals surface area contributed by atoms with E-state index in [4.69, 9.17) is 12.2 Å². The van der Waals surface area contributed by atoms with E-state index in [-0.39, 0.29) is 11.8 Å². The predicted octanol–water partition coefficient (Wildman–Crippen LogP) is 3.53. The molecule has 0 aliphatic carbocycles. The van der Waals surface area contributed by atoms with Crippen LogP contribution in [0.15, 0.2) is 79.6 Å². The number of hydrogen-bond acceptors (Lipinski definition) is 4. The van der Waals surface area contributed by atoms with E-state index in [1.807, 2.05) is 80.9 Å². The van der Waals surface area contributed by atoms with Crippen molar-refractivity contribution in [2.24, 2.45) is 0 Å². The Hall–Kier alpha value is -3.03. The zero-order chi connectivity index (χ0) is 21.6. The summed E-state index contributed by atoms with van der Waals surface area (Å²) in [6.07, 6.45) is 3.55. The normalized spacial score (nSPS) is 14.7. The average Bonchev–Trinajstić information content (AvgIpc) is 3.15. The van der Waals surface area contributed by atoms with Gasteiger partial charge in [-0.25, -0.2) is 4.68 Å². The maximum atomic E-state index is 13.6. The number of carbonyl (C=O) groups is 1. The third kappa shape index (κ3) is 4.84. The van der Waals surface area contributed by atoms with Gasteiger partial charge in [0.1, 0.15) is 6.33 Å². The van der Waals surface area contributed by atoms with Gasteiger partial charge in [-0.05, 0) is 23.3 Å². The summed E-state index contributed by atoms with van der Waals surface area (Å²) in [6, 6.07) is 20.1. The van der Waals surface area contributed by atoms with Gasteiger partial charge in [0.25, 0.3) is 0 Å². The standard InChI is InChI=1S/C24H27N5OS/c1-2-13-28-18-25-29(24(28)31)19-26-14-16-27(17-15-26)23(30)22(20-9-5-3-6-10-20)21-11-7-4-8-12-21/h2-12,18,22H,1,13-17,19H2. The third-order valence-corrected chi connectivity index (χ3v) is 6.10. The second kappa shape index (κ2) is 9.85. The van der Waals surface area contributed by atoms with Crippen LogP contribution in [-0.4, -0.2) is 56.2 Å². The maximum absolute atomic E-state index is 13.6.